The molecule has 7 heteroatoms. The zero-order valence-corrected chi connectivity index (χ0v) is 15.1. The van der Waals surface area contributed by atoms with Crippen LogP contribution in [-0.2, 0) is 22.6 Å². The Morgan fingerprint density at radius 3 is 3.00 bits per heavy atom. The Labute approximate surface area is 153 Å². The van der Waals surface area contributed by atoms with Crippen LogP contribution in [0, 0.1) is 6.92 Å². The lowest BCUT2D eigenvalue weighted by molar-refractivity contribution is -0.132. The first-order valence-electron chi connectivity index (χ1n) is 9.07. The molecule has 1 fully saturated rings. The Balaban J connectivity index is 1.45. The molecule has 0 saturated carbocycles. The predicted molar refractivity (Wildman–Crippen MR) is 97.3 cm³/mol. The molecule has 0 aliphatic carbocycles. The molecule has 2 heterocycles. The second-order valence-corrected chi connectivity index (χ2v) is 6.77. The summed E-state index contributed by atoms with van der Waals surface area (Å²) in [6.45, 7) is 3.82. The maximum Gasteiger partial charge on any atom is 0.224 e. The minimum absolute atomic E-state index is 0.00230. The number of aromatic nitrogens is 3. The third-order valence-corrected chi connectivity index (χ3v) is 4.71. The van der Waals surface area contributed by atoms with Gasteiger partial charge in [0, 0.05) is 31.7 Å². The molecule has 7 nitrogen and oxygen atoms in total. The minimum Gasteiger partial charge on any atom is -0.354 e. The fourth-order valence-electron chi connectivity index (χ4n) is 3.38. The molecular formula is C19H25N5O2. The summed E-state index contributed by atoms with van der Waals surface area (Å²) in [5.41, 5.74) is 2.16. The summed E-state index contributed by atoms with van der Waals surface area (Å²) in [4.78, 5) is 26.6. The summed E-state index contributed by atoms with van der Waals surface area (Å²) in [6, 6.07) is 8.05. The maximum absolute atomic E-state index is 12.5. The van der Waals surface area contributed by atoms with Crippen molar-refractivity contribution in [1.29, 1.82) is 0 Å². The zero-order chi connectivity index (χ0) is 18.4. The van der Waals surface area contributed by atoms with Crippen molar-refractivity contribution in [1.82, 2.24) is 25.2 Å². The van der Waals surface area contributed by atoms with Gasteiger partial charge in [-0.15, -0.1) is 5.10 Å². The fraction of sp³-hybridized carbons (Fsp3) is 0.474. The molecule has 1 aromatic carbocycles. The highest BCUT2D eigenvalue weighted by molar-refractivity contribution is 5.79. The number of benzene rings is 1. The van der Waals surface area contributed by atoms with Crippen LogP contribution in [0.3, 0.4) is 0 Å². The van der Waals surface area contributed by atoms with Gasteiger partial charge in [-0.2, -0.15) is 0 Å². The highest BCUT2D eigenvalue weighted by Crippen LogP contribution is 2.18. The van der Waals surface area contributed by atoms with Crippen LogP contribution >= 0.6 is 0 Å². The van der Waals surface area contributed by atoms with Crippen LogP contribution in [0.2, 0.25) is 0 Å². The number of aryl methyl sites for hydroxylation is 2. The van der Waals surface area contributed by atoms with Crippen LogP contribution in [0.4, 0.5) is 0 Å². The molecule has 0 spiro atoms. The van der Waals surface area contributed by atoms with Crippen molar-refractivity contribution in [2.75, 3.05) is 13.1 Å². The van der Waals surface area contributed by atoms with E-state index in [0.29, 0.717) is 25.9 Å². The number of carbonyl (C=O) groups excluding carboxylic acids is 2. The van der Waals surface area contributed by atoms with Gasteiger partial charge < -0.3 is 10.2 Å². The van der Waals surface area contributed by atoms with Crippen molar-refractivity contribution >= 4 is 11.8 Å². The average molecular weight is 355 g/mol. The molecular weight excluding hydrogens is 330 g/mol. The Morgan fingerprint density at radius 2 is 2.23 bits per heavy atom. The van der Waals surface area contributed by atoms with Gasteiger partial charge in [-0.05, 0) is 25.3 Å². The molecule has 1 aliphatic heterocycles. The number of likely N-dealkylation sites (tertiary alicyclic amines) is 1. The molecule has 138 valence electrons. The van der Waals surface area contributed by atoms with Crippen LogP contribution in [0.5, 0.6) is 0 Å². The van der Waals surface area contributed by atoms with Crippen molar-refractivity contribution < 1.29 is 9.59 Å². The summed E-state index contributed by atoms with van der Waals surface area (Å²) in [5.74, 6) is 0.105. The van der Waals surface area contributed by atoms with E-state index in [1.165, 1.54) is 0 Å². The second kappa shape index (κ2) is 8.60. The predicted octanol–water partition coefficient (Wildman–Crippen LogP) is 1.33. The number of hydrogen-bond donors (Lipinski definition) is 1. The quantitative estimate of drug-likeness (QED) is 0.812. The van der Waals surface area contributed by atoms with E-state index < -0.39 is 0 Å². The molecule has 2 amide bonds. The Morgan fingerprint density at radius 1 is 1.35 bits per heavy atom. The van der Waals surface area contributed by atoms with Crippen LogP contribution in [0.25, 0.3) is 0 Å². The summed E-state index contributed by atoms with van der Waals surface area (Å²) < 4.78 is 1.66. The third kappa shape index (κ3) is 4.91. The van der Waals surface area contributed by atoms with Gasteiger partial charge in [-0.1, -0.05) is 35.0 Å². The molecule has 1 atom stereocenters. The lowest BCUT2D eigenvalue weighted by Crippen LogP contribution is -2.43. The molecule has 1 aliphatic rings. The number of hydrogen-bond acceptors (Lipinski definition) is 4. The first-order chi connectivity index (χ1) is 12.6. The average Bonchev–Trinajstić information content (AvgIpc) is 3.29. The first kappa shape index (κ1) is 18.1. The molecule has 0 bridgehead atoms. The first-order valence-corrected chi connectivity index (χ1v) is 9.07. The van der Waals surface area contributed by atoms with Gasteiger partial charge >= 0.3 is 0 Å². The van der Waals surface area contributed by atoms with Crippen molar-refractivity contribution in [3.05, 3.63) is 47.8 Å². The van der Waals surface area contributed by atoms with Crippen molar-refractivity contribution in [3.63, 3.8) is 0 Å². The monoisotopic (exact) mass is 355 g/mol. The number of rotatable bonds is 7. The van der Waals surface area contributed by atoms with E-state index in [-0.39, 0.29) is 17.9 Å². The molecule has 0 radical (unpaired) electrons. The molecule has 3 rings (SSSR count). The van der Waals surface area contributed by atoms with Crippen molar-refractivity contribution in [2.24, 2.45) is 0 Å². The topological polar surface area (TPSA) is 80.1 Å². The summed E-state index contributed by atoms with van der Waals surface area (Å²) in [6.07, 6.45) is 6.03. The number of carbonyl (C=O) groups is 2. The number of nitrogens with one attached hydrogen (secondary N) is 1. The van der Waals surface area contributed by atoms with E-state index in [9.17, 15) is 9.59 Å². The number of amides is 2. The molecule has 1 N–H and O–H groups in total. The standard InChI is InChI=1S/C19H25N5O2/c1-15-4-2-5-16(12-15)13-18(25)20-14-17-6-3-9-24(17)19(26)7-10-23-11-8-21-22-23/h2,4-5,8,11-12,17H,3,6-7,9-10,13-14H2,1H3,(H,20,25)/t17-/m1/s1. The Bertz CT molecular complexity index is 744. The van der Waals surface area contributed by atoms with E-state index in [1.807, 2.05) is 36.1 Å². The summed E-state index contributed by atoms with van der Waals surface area (Å²) in [7, 11) is 0. The maximum atomic E-state index is 12.5. The normalized spacial score (nSPS) is 16.7. The van der Waals surface area contributed by atoms with Crippen LogP contribution in [0.1, 0.15) is 30.4 Å². The van der Waals surface area contributed by atoms with E-state index in [2.05, 4.69) is 15.6 Å². The highest BCUT2D eigenvalue weighted by atomic mass is 16.2. The van der Waals surface area contributed by atoms with Crippen molar-refractivity contribution in [3.8, 4) is 0 Å². The van der Waals surface area contributed by atoms with E-state index in [0.717, 1.165) is 30.5 Å². The van der Waals surface area contributed by atoms with Gasteiger partial charge in [0.2, 0.25) is 11.8 Å². The molecule has 1 aromatic heterocycles. The van der Waals surface area contributed by atoms with E-state index in [1.54, 1.807) is 17.1 Å². The molecule has 26 heavy (non-hydrogen) atoms. The largest absolute Gasteiger partial charge is 0.354 e. The number of nitrogens with zero attached hydrogens (tertiary/aromatic N) is 4. The van der Waals surface area contributed by atoms with Crippen LogP contribution in [-0.4, -0.2) is 50.8 Å². The Kier molecular flexibility index (Phi) is 5.99. The lowest BCUT2D eigenvalue weighted by Gasteiger charge is -2.25. The van der Waals surface area contributed by atoms with Gasteiger partial charge in [0.15, 0.2) is 0 Å². The SMILES string of the molecule is Cc1cccc(CC(=O)NC[C@H]2CCCN2C(=O)CCn2ccnn2)c1. The second-order valence-electron chi connectivity index (χ2n) is 6.77. The van der Waals surface area contributed by atoms with Gasteiger partial charge in [0.25, 0.3) is 0 Å². The smallest absolute Gasteiger partial charge is 0.224 e. The molecule has 0 unspecified atom stereocenters. The van der Waals surface area contributed by atoms with Gasteiger partial charge in [0.1, 0.15) is 0 Å². The van der Waals surface area contributed by atoms with Crippen LogP contribution < -0.4 is 5.32 Å². The van der Waals surface area contributed by atoms with Gasteiger partial charge in [-0.3, -0.25) is 14.3 Å². The third-order valence-electron chi connectivity index (χ3n) is 4.71. The zero-order valence-electron chi connectivity index (χ0n) is 15.1. The van der Waals surface area contributed by atoms with Crippen molar-refractivity contribution in [2.45, 2.75) is 45.2 Å². The summed E-state index contributed by atoms with van der Waals surface area (Å²) in [5, 5.41) is 10.6. The van der Waals surface area contributed by atoms with E-state index >= 15 is 0 Å². The Hall–Kier alpha value is -2.70. The highest BCUT2D eigenvalue weighted by Gasteiger charge is 2.28. The fourth-order valence-corrected chi connectivity index (χ4v) is 3.38. The van der Waals surface area contributed by atoms with E-state index in [4.69, 9.17) is 0 Å². The van der Waals surface area contributed by atoms with Gasteiger partial charge in [-0.25, -0.2) is 0 Å². The van der Waals surface area contributed by atoms with Crippen LogP contribution in [0.15, 0.2) is 36.7 Å². The van der Waals surface area contributed by atoms with Gasteiger partial charge in [0.05, 0.1) is 19.2 Å². The molecule has 2 aromatic rings. The molecule has 1 saturated heterocycles. The lowest BCUT2D eigenvalue weighted by atomic mass is 10.1. The summed E-state index contributed by atoms with van der Waals surface area (Å²) >= 11 is 0. The minimum atomic E-state index is -0.00230.